The molecule has 0 N–H and O–H groups in total. The van der Waals surface area contributed by atoms with Crippen LogP contribution in [0.5, 0.6) is 0 Å². The fourth-order valence-corrected chi connectivity index (χ4v) is 2.64. The van der Waals surface area contributed by atoms with Gasteiger partial charge in [0.25, 0.3) is 5.91 Å². The van der Waals surface area contributed by atoms with E-state index in [-0.39, 0.29) is 18.0 Å². The Labute approximate surface area is 134 Å². The van der Waals surface area contributed by atoms with Crippen LogP contribution in [0, 0.1) is 3.57 Å². The van der Waals surface area contributed by atoms with Gasteiger partial charge in [-0.1, -0.05) is 25.4 Å². The molecule has 0 saturated carbocycles. The maximum absolute atomic E-state index is 12.7. The number of nitrogens with zero attached hydrogens (tertiary/aromatic N) is 1. The highest BCUT2D eigenvalue weighted by molar-refractivity contribution is 14.1. The van der Waals surface area contributed by atoms with E-state index in [2.05, 4.69) is 50.3 Å². The van der Waals surface area contributed by atoms with Crippen LogP contribution in [0.15, 0.2) is 18.2 Å². The van der Waals surface area contributed by atoms with Crippen molar-refractivity contribution in [3.63, 3.8) is 0 Å². The second-order valence-electron chi connectivity index (χ2n) is 4.86. The molecule has 19 heavy (non-hydrogen) atoms. The number of rotatable bonds is 5. The number of carbonyl (C=O) groups excluding carboxylic acids is 1. The lowest BCUT2D eigenvalue weighted by Gasteiger charge is -2.34. The highest BCUT2D eigenvalue weighted by Crippen LogP contribution is 2.22. The molecule has 1 aromatic rings. The Morgan fingerprint density at radius 3 is 2.21 bits per heavy atom. The Morgan fingerprint density at radius 1 is 1.26 bits per heavy atom. The van der Waals surface area contributed by atoms with Crippen LogP contribution < -0.4 is 0 Å². The zero-order chi connectivity index (χ0) is 14.6. The molecule has 1 aromatic carbocycles. The standard InChI is InChI=1S/C15H21ClINO/c1-5-10(3)18(11(4)6-2)15(19)12-7-8-13(16)14(17)9-12/h7-11H,5-6H2,1-4H3. The predicted octanol–water partition coefficient (Wildman–Crippen LogP) is 4.98. The molecular formula is C15H21ClINO. The number of hydrogen-bond donors (Lipinski definition) is 0. The molecular weight excluding hydrogens is 373 g/mol. The summed E-state index contributed by atoms with van der Waals surface area (Å²) in [5, 5.41) is 0.691. The minimum absolute atomic E-state index is 0.0956. The van der Waals surface area contributed by atoms with E-state index in [1.165, 1.54) is 0 Å². The third kappa shape index (κ3) is 4.09. The van der Waals surface area contributed by atoms with E-state index >= 15 is 0 Å². The number of carbonyl (C=O) groups is 1. The average Bonchev–Trinajstić information content (AvgIpc) is 2.41. The molecule has 0 aliphatic carbocycles. The molecule has 0 fully saturated rings. The van der Waals surface area contributed by atoms with Crippen LogP contribution in [0.1, 0.15) is 50.9 Å². The van der Waals surface area contributed by atoms with Gasteiger partial charge in [-0.3, -0.25) is 4.79 Å². The first-order valence-electron chi connectivity index (χ1n) is 6.70. The molecule has 0 heterocycles. The molecule has 0 bridgehead atoms. The summed E-state index contributed by atoms with van der Waals surface area (Å²) in [6.07, 6.45) is 1.92. The van der Waals surface area contributed by atoms with Gasteiger partial charge in [0.2, 0.25) is 0 Å². The van der Waals surface area contributed by atoms with Gasteiger partial charge in [-0.15, -0.1) is 0 Å². The molecule has 0 saturated heterocycles. The number of amides is 1. The van der Waals surface area contributed by atoms with Gasteiger partial charge in [-0.05, 0) is 67.5 Å². The normalized spacial score (nSPS) is 14.0. The van der Waals surface area contributed by atoms with E-state index < -0.39 is 0 Å². The van der Waals surface area contributed by atoms with Crippen LogP contribution in [0.25, 0.3) is 0 Å². The van der Waals surface area contributed by atoms with Crippen molar-refractivity contribution in [3.05, 3.63) is 32.4 Å². The lowest BCUT2D eigenvalue weighted by molar-refractivity contribution is 0.0598. The second-order valence-corrected chi connectivity index (χ2v) is 6.43. The van der Waals surface area contributed by atoms with E-state index in [0.717, 1.165) is 22.0 Å². The monoisotopic (exact) mass is 393 g/mol. The molecule has 1 amide bonds. The third-order valence-corrected chi connectivity index (χ3v) is 5.07. The number of halogens is 2. The van der Waals surface area contributed by atoms with Crippen molar-refractivity contribution in [2.75, 3.05) is 0 Å². The van der Waals surface area contributed by atoms with Crippen molar-refractivity contribution >= 4 is 40.1 Å². The maximum atomic E-state index is 12.7. The fourth-order valence-electron chi connectivity index (χ4n) is 2.01. The average molecular weight is 394 g/mol. The minimum Gasteiger partial charge on any atom is -0.333 e. The van der Waals surface area contributed by atoms with Gasteiger partial charge in [0.05, 0.1) is 5.02 Å². The SMILES string of the molecule is CCC(C)N(C(=O)c1ccc(Cl)c(I)c1)C(C)CC. The Morgan fingerprint density at radius 2 is 1.79 bits per heavy atom. The molecule has 2 unspecified atom stereocenters. The van der Waals surface area contributed by atoms with Gasteiger partial charge in [0.15, 0.2) is 0 Å². The van der Waals surface area contributed by atoms with Crippen molar-refractivity contribution in [2.45, 2.75) is 52.6 Å². The first kappa shape index (κ1) is 16.8. The Kier molecular flexibility index (Phi) is 6.60. The molecule has 4 heteroatoms. The summed E-state index contributed by atoms with van der Waals surface area (Å²) >= 11 is 8.17. The topological polar surface area (TPSA) is 20.3 Å². The first-order chi connectivity index (χ1) is 8.92. The zero-order valence-electron chi connectivity index (χ0n) is 11.9. The summed E-state index contributed by atoms with van der Waals surface area (Å²) < 4.78 is 0.915. The first-order valence-corrected chi connectivity index (χ1v) is 8.15. The fraction of sp³-hybridized carbons (Fsp3) is 0.533. The highest BCUT2D eigenvalue weighted by atomic mass is 127. The zero-order valence-corrected chi connectivity index (χ0v) is 14.8. The summed E-state index contributed by atoms with van der Waals surface area (Å²) in [5.74, 6) is 0.0956. The molecule has 0 spiro atoms. The maximum Gasteiger partial charge on any atom is 0.254 e. The van der Waals surface area contributed by atoms with Gasteiger partial charge in [0, 0.05) is 21.2 Å². The van der Waals surface area contributed by atoms with Crippen LogP contribution in [-0.4, -0.2) is 22.9 Å². The largest absolute Gasteiger partial charge is 0.333 e. The lowest BCUT2D eigenvalue weighted by atomic mass is 10.1. The van der Waals surface area contributed by atoms with E-state index in [1.54, 1.807) is 6.07 Å². The summed E-state index contributed by atoms with van der Waals surface area (Å²) in [7, 11) is 0. The van der Waals surface area contributed by atoms with E-state index in [0.29, 0.717) is 5.02 Å². The summed E-state index contributed by atoms with van der Waals surface area (Å²) in [4.78, 5) is 14.7. The van der Waals surface area contributed by atoms with Crippen molar-refractivity contribution in [1.82, 2.24) is 4.90 Å². The van der Waals surface area contributed by atoms with Gasteiger partial charge in [0.1, 0.15) is 0 Å². The molecule has 2 nitrogen and oxygen atoms in total. The highest BCUT2D eigenvalue weighted by Gasteiger charge is 2.24. The van der Waals surface area contributed by atoms with Crippen LogP contribution in [0.3, 0.4) is 0 Å². The number of benzene rings is 1. The second kappa shape index (κ2) is 7.48. The van der Waals surface area contributed by atoms with Crippen LogP contribution in [0.4, 0.5) is 0 Å². The lowest BCUT2D eigenvalue weighted by Crippen LogP contribution is -2.44. The molecule has 0 aliphatic heterocycles. The Hall–Kier alpha value is -0.290. The molecule has 106 valence electrons. The molecule has 2 atom stereocenters. The molecule has 0 aliphatic rings. The molecule has 0 radical (unpaired) electrons. The van der Waals surface area contributed by atoms with Crippen LogP contribution in [-0.2, 0) is 0 Å². The van der Waals surface area contributed by atoms with Gasteiger partial charge in [-0.25, -0.2) is 0 Å². The summed E-state index contributed by atoms with van der Waals surface area (Å²) in [5.41, 5.74) is 0.717. The van der Waals surface area contributed by atoms with E-state index in [1.807, 2.05) is 17.0 Å². The Balaban J connectivity index is 3.08. The van der Waals surface area contributed by atoms with Gasteiger partial charge in [-0.2, -0.15) is 0 Å². The van der Waals surface area contributed by atoms with Gasteiger partial charge >= 0.3 is 0 Å². The van der Waals surface area contributed by atoms with Crippen molar-refractivity contribution in [1.29, 1.82) is 0 Å². The van der Waals surface area contributed by atoms with Crippen molar-refractivity contribution in [3.8, 4) is 0 Å². The van der Waals surface area contributed by atoms with Crippen molar-refractivity contribution in [2.24, 2.45) is 0 Å². The van der Waals surface area contributed by atoms with E-state index in [9.17, 15) is 4.79 Å². The number of hydrogen-bond acceptors (Lipinski definition) is 1. The Bertz CT molecular complexity index is 440. The summed E-state index contributed by atoms with van der Waals surface area (Å²) in [6.45, 7) is 8.42. The smallest absolute Gasteiger partial charge is 0.254 e. The quantitative estimate of drug-likeness (QED) is 0.646. The van der Waals surface area contributed by atoms with Crippen molar-refractivity contribution < 1.29 is 4.79 Å². The van der Waals surface area contributed by atoms with Crippen LogP contribution in [0.2, 0.25) is 5.02 Å². The van der Waals surface area contributed by atoms with Crippen LogP contribution >= 0.6 is 34.2 Å². The van der Waals surface area contributed by atoms with E-state index in [4.69, 9.17) is 11.6 Å². The third-order valence-electron chi connectivity index (χ3n) is 3.53. The molecule has 0 aromatic heterocycles. The van der Waals surface area contributed by atoms with Gasteiger partial charge < -0.3 is 4.90 Å². The molecule has 1 rings (SSSR count). The minimum atomic E-state index is 0.0956. The summed E-state index contributed by atoms with van der Waals surface area (Å²) in [6, 6.07) is 5.96. The predicted molar refractivity (Wildman–Crippen MR) is 89.8 cm³/mol.